The Morgan fingerprint density at radius 3 is 2.32 bits per heavy atom. The van der Waals surface area contributed by atoms with Crippen LogP contribution in [0, 0.1) is 0 Å². The summed E-state index contributed by atoms with van der Waals surface area (Å²) in [6.45, 7) is 0. The molecule has 1 fully saturated rings. The van der Waals surface area contributed by atoms with Gasteiger partial charge in [-0.1, -0.05) is 6.07 Å². The highest BCUT2D eigenvalue weighted by atomic mass is 16.7. The van der Waals surface area contributed by atoms with Gasteiger partial charge in [-0.15, -0.1) is 0 Å². The highest BCUT2D eigenvalue weighted by molar-refractivity contribution is 5.85. The highest BCUT2D eigenvalue weighted by Gasteiger charge is 2.48. The Balaban J connectivity index is 2.17. The fourth-order valence-electron chi connectivity index (χ4n) is 2.18. The van der Waals surface area contributed by atoms with E-state index < -0.39 is 48.4 Å². The number of aliphatic hydroxyl groups excluding tert-OH is 3. The van der Waals surface area contributed by atoms with Crippen LogP contribution in [-0.4, -0.2) is 73.3 Å². The summed E-state index contributed by atoms with van der Waals surface area (Å²) >= 11 is 0. The van der Waals surface area contributed by atoms with Crippen LogP contribution in [0.2, 0.25) is 0 Å². The van der Waals surface area contributed by atoms with Crippen molar-refractivity contribution in [2.75, 3.05) is 0 Å². The molecule has 10 nitrogen and oxygen atoms in total. The smallest absolute Gasteiger partial charge is 0.335 e. The van der Waals surface area contributed by atoms with Crippen LogP contribution in [0.3, 0.4) is 0 Å². The first-order valence-corrected chi connectivity index (χ1v) is 7.04. The Bertz CT molecular complexity index is 685. The average molecular weight is 356 g/mol. The van der Waals surface area contributed by atoms with E-state index in [9.17, 15) is 30.0 Å². The largest absolute Gasteiger partial charge is 0.504 e. The zero-order valence-electron chi connectivity index (χ0n) is 12.6. The standard InChI is InChI=1S/C15H16O10/c16-7-5-6(2-4-9(17)18)1-3-8(7)24-15-12(21)10(19)11(20)13(25-15)14(22)23/h1-5,10-13,15-16,19-21H,(H,17,18)(H,22,23). The molecule has 136 valence electrons. The lowest BCUT2D eigenvalue weighted by Crippen LogP contribution is -2.61. The second kappa shape index (κ2) is 7.49. The van der Waals surface area contributed by atoms with Crippen molar-refractivity contribution in [3.63, 3.8) is 0 Å². The maximum Gasteiger partial charge on any atom is 0.335 e. The van der Waals surface area contributed by atoms with Gasteiger partial charge in [-0.05, 0) is 23.8 Å². The van der Waals surface area contributed by atoms with Crippen molar-refractivity contribution >= 4 is 18.0 Å². The molecule has 1 saturated heterocycles. The lowest BCUT2D eigenvalue weighted by molar-refractivity contribution is -0.271. The molecule has 1 aliphatic heterocycles. The van der Waals surface area contributed by atoms with Gasteiger partial charge in [0.1, 0.15) is 18.3 Å². The number of aliphatic hydroxyl groups is 3. The number of aromatic hydroxyl groups is 1. The summed E-state index contributed by atoms with van der Waals surface area (Å²) in [5.74, 6) is -3.38. The van der Waals surface area contributed by atoms with Crippen molar-refractivity contribution in [3.05, 3.63) is 29.8 Å². The van der Waals surface area contributed by atoms with Gasteiger partial charge in [0.2, 0.25) is 6.29 Å². The van der Waals surface area contributed by atoms with Gasteiger partial charge in [-0.3, -0.25) is 0 Å². The molecule has 5 atom stereocenters. The Morgan fingerprint density at radius 2 is 1.76 bits per heavy atom. The Morgan fingerprint density at radius 1 is 1.08 bits per heavy atom. The van der Waals surface area contributed by atoms with Crippen LogP contribution in [-0.2, 0) is 14.3 Å². The molecule has 0 radical (unpaired) electrons. The first-order chi connectivity index (χ1) is 11.7. The van der Waals surface area contributed by atoms with E-state index >= 15 is 0 Å². The van der Waals surface area contributed by atoms with Crippen LogP contribution in [0.1, 0.15) is 5.56 Å². The fourth-order valence-corrected chi connectivity index (χ4v) is 2.18. The van der Waals surface area contributed by atoms with Crippen LogP contribution in [0.15, 0.2) is 24.3 Å². The van der Waals surface area contributed by atoms with E-state index in [-0.39, 0.29) is 5.75 Å². The van der Waals surface area contributed by atoms with E-state index in [1.54, 1.807) is 0 Å². The van der Waals surface area contributed by atoms with Crippen molar-refractivity contribution in [2.24, 2.45) is 0 Å². The molecule has 1 heterocycles. The minimum Gasteiger partial charge on any atom is -0.504 e. The SMILES string of the molecule is O=C(O)C=Cc1ccc(OC2OC(C(=O)O)C(O)C(O)C2O)c(O)c1. The second-order valence-electron chi connectivity index (χ2n) is 5.25. The third kappa shape index (κ3) is 4.25. The van der Waals surface area contributed by atoms with Gasteiger partial charge >= 0.3 is 11.9 Å². The van der Waals surface area contributed by atoms with Gasteiger partial charge in [-0.25, -0.2) is 9.59 Å². The molecule has 25 heavy (non-hydrogen) atoms. The van der Waals surface area contributed by atoms with E-state index in [0.29, 0.717) is 5.56 Å². The van der Waals surface area contributed by atoms with Crippen LogP contribution >= 0.6 is 0 Å². The van der Waals surface area contributed by atoms with Crippen LogP contribution in [0.4, 0.5) is 0 Å². The number of phenolic OH excluding ortho intramolecular Hbond substituents is 1. The Kier molecular flexibility index (Phi) is 5.59. The quantitative estimate of drug-likeness (QED) is 0.350. The number of phenols is 1. The summed E-state index contributed by atoms with van der Waals surface area (Å²) < 4.78 is 10.1. The van der Waals surface area contributed by atoms with E-state index in [1.807, 2.05) is 0 Å². The van der Waals surface area contributed by atoms with Crippen molar-refractivity contribution < 1.29 is 49.7 Å². The maximum absolute atomic E-state index is 11.0. The fraction of sp³-hybridized carbons (Fsp3) is 0.333. The molecule has 2 rings (SSSR count). The lowest BCUT2D eigenvalue weighted by Gasteiger charge is -2.38. The Hall–Kier alpha value is -2.66. The molecule has 1 aromatic rings. The summed E-state index contributed by atoms with van der Waals surface area (Å²) in [5.41, 5.74) is 0.344. The van der Waals surface area contributed by atoms with E-state index in [4.69, 9.17) is 19.7 Å². The number of rotatable bonds is 5. The molecule has 1 aliphatic rings. The average Bonchev–Trinajstić information content (AvgIpc) is 2.54. The molecule has 10 heteroatoms. The van der Waals surface area contributed by atoms with Crippen LogP contribution < -0.4 is 4.74 Å². The molecular weight excluding hydrogens is 340 g/mol. The van der Waals surface area contributed by atoms with E-state index in [2.05, 4.69) is 0 Å². The summed E-state index contributed by atoms with van der Waals surface area (Å²) in [7, 11) is 0. The summed E-state index contributed by atoms with van der Waals surface area (Å²) in [5, 5.41) is 56.5. The van der Waals surface area contributed by atoms with Crippen molar-refractivity contribution in [3.8, 4) is 11.5 Å². The van der Waals surface area contributed by atoms with E-state index in [1.165, 1.54) is 24.3 Å². The monoisotopic (exact) mass is 356 g/mol. The summed E-state index contributed by atoms with van der Waals surface area (Å²) in [6, 6.07) is 3.80. The number of hydrogen-bond donors (Lipinski definition) is 6. The molecule has 5 unspecified atom stereocenters. The van der Waals surface area contributed by atoms with Crippen molar-refractivity contribution in [2.45, 2.75) is 30.7 Å². The number of hydrogen-bond acceptors (Lipinski definition) is 8. The second-order valence-corrected chi connectivity index (χ2v) is 5.25. The molecule has 0 aromatic heterocycles. The number of carboxylic acid groups (broad SMARTS) is 2. The molecule has 0 amide bonds. The predicted molar refractivity (Wildman–Crippen MR) is 79.7 cm³/mol. The third-order valence-corrected chi connectivity index (χ3v) is 3.46. The molecular formula is C15H16O10. The van der Waals surface area contributed by atoms with Gasteiger partial charge in [-0.2, -0.15) is 0 Å². The highest BCUT2D eigenvalue weighted by Crippen LogP contribution is 2.31. The number of aliphatic carboxylic acids is 2. The van der Waals surface area contributed by atoms with Gasteiger partial charge in [0.15, 0.2) is 17.6 Å². The topological polar surface area (TPSA) is 174 Å². The van der Waals surface area contributed by atoms with Gasteiger partial charge in [0.25, 0.3) is 0 Å². The molecule has 0 bridgehead atoms. The zero-order valence-corrected chi connectivity index (χ0v) is 12.6. The number of carboxylic acids is 2. The molecule has 0 aliphatic carbocycles. The van der Waals surface area contributed by atoms with Crippen molar-refractivity contribution in [1.29, 1.82) is 0 Å². The lowest BCUT2D eigenvalue weighted by atomic mass is 9.99. The number of carbonyl (C=O) groups is 2. The first-order valence-electron chi connectivity index (χ1n) is 7.04. The summed E-state index contributed by atoms with van der Waals surface area (Å²) in [4.78, 5) is 21.5. The van der Waals surface area contributed by atoms with E-state index in [0.717, 1.165) is 6.08 Å². The number of benzene rings is 1. The minimum absolute atomic E-state index is 0.204. The molecule has 1 aromatic carbocycles. The predicted octanol–water partition coefficient (Wildman–Crippen LogP) is -1.24. The molecule has 0 saturated carbocycles. The van der Waals surface area contributed by atoms with Crippen LogP contribution in [0.25, 0.3) is 6.08 Å². The maximum atomic E-state index is 11.0. The zero-order chi connectivity index (χ0) is 18.7. The number of ether oxygens (including phenoxy) is 2. The van der Waals surface area contributed by atoms with Crippen LogP contribution in [0.5, 0.6) is 11.5 Å². The minimum atomic E-state index is -1.86. The normalized spacial score (nSPS) is 29.5. The van der Waals surface area contributed by atoms with Crippen molar-refractivity contribution in [1.82, 2.24) is 0 Å². The molecule has 6 N–H and O–H groups in total. The Labute approximate surface area is 140 Å². The first kappa shape index (κ1) is 18.7. The van der Waals surface area contributed by atoms with Gasteiger partial charge < -0.3 is 40.1 Å². The third-order valence-electron chi connectivity index (χ3n) is 3.46. The summed E-state index contributed by atoms with van der Waals surface area (Å²) in [6.07, 6.45) is -6.87. The van der Waals surface area contributed by atoms with Gasteiger partial charge in [0.05, 0.1) is 0 Å². The van der Waals surface area contributed by atoms with Gasteiger partial charge in [0, 0.05) is 6.08 Å². The molecule has 0 spiro atoms.